The number of hydrogen-bond acceptors (Lipinski definition) is 2. The molecule has 0 atom stereocenters. The molecule has 0 saturated carbocycles. The Labute approximate surface area is 190 Å². The van der Waals surface area contributed by atoms with Crippen LogP contribution in [-0.4, -0.2) is 18.3 Å². The van der Waals surface area contributed by atoms with Crippen molar-refractivity contribution in [3.05, 3.63) is 77.9 Å². The summed E-state index contributed by atoms with van der Waals surface area (Å²) in [4.78, 5) is 0. The standard InChI is InChI=1S/C29H29BO2/c1-27(2)22-16-15-18-11-7-8-12-19(18)25(22)26-21-14-10-9-13-20(21)24(17-23(26)27)30-31-28(3,4)29(5,6)32-30/h7-17H,1-6H3. The number of rotatable bonds is 1. The first-order valence-corrected chi connectivity index (χ1v) is 11.6. The summed E-state index contributed by atoms with van der Waals surface area (Å²) in [5.74, 6) is 0. The predicted octanol–water partition coefficient (Wildman–Crippen LogP) is 6.60. The lowest BCUT2D eigenvalue weighted by atomic mass is 9.72. The van der Waals surface area contributed by atoms with Crippen LogP contribution in [0.15, 0.2) is 66.7 Å². The molecule has 4 aromatic rings. The second-order valence-electron chi connectivity index (χ2n) is 10.9. The summed E-state index contributed by atoms with van der Waals surface area (Å²) in [7, 11) is -0.383. The molecular weight excluding hydrogens is 391 g/mol. The van der Waals surface area contributed by atoms with Crippen molar-refractivity contribution in [3.8, 4) is 11.1 Å². The molecule has 160 valence electrons. The maximum atomic E-state index is 6.51. The fourth-order valence-electron chi connectivity index (χ4n) is 5.54. The van der Waals surface area contributed by atoms with Gasteiger partial charge in [0.15, 0.2) is 0 Å². The van der Waals surface area contributed by atoms with Gasteiger partial charge in [0.1, 0.15) is 0 Å². The first-order valence-electron chi connectivity index (χ1n) is 11.6. The molecule has 4 aromatic carbocycles. The molecule has 0 radical (unpaired) electrons. The molecule has 1 heterocycles. The molecule has 2 nitrogen and oxygen atoms in total. The Morgan fingerprint density at radius 2 is 1.16 bits per heavy atom. The van der Waals surface area contributed by atoms with Gasteiger partial charge in [-0.2, -0.15) is 0 Å². The molecule has 2 aliphatic rings. The molecule has 1 aliphatic heterocycles. The Kier molecular flexibility index (Phi) is 3.91. The molecule has 1 fully saturated rings. The minimum atomic E-state index is -0.383. The lowest BCUT2D eigenvalue weighted by Crippen LogP contribution is -2.41. The number of benzene rings is 4. The van der Waals surface area contributed by atoms with E-state index in [-0.39, 0.29) is 23.7 Å². The molecular formula is C29H29BO2. The summed E-state index contributed by atoms with van der Waals surface area (Å²) in [5.41, 5.74) is 5.77. The Morgan fingerprint density at radius 1 is 0.594 bits per heavy atom. The Balaban J connectivity index is 1.69. The first-order chi connectivity index (χ1) is 15.1. The van der Waals surface area contributed by atoms with Gasteiger partial charge in [-0.15, -0.1) is 0 Å². The zero-order chi connectivity index (χ0) is 22.5. The molecule has 0 unspecified atom stereocenters. The van der Waals surface area contributed by atoms with Gasteiger partial charge in [0.2, 0.25) is 0 Å². The van der Waals surface area contributed by atoms with E-state index in [1.807, 2.05) is 0 Å². The topological polar surface area (TPSA) is 18.5 Å². The van der Waals surface area contributed by atoms with Gasteiger partial charge in [0, 0.05) is 5.41 Å². The van der Waals surface area contributed by atoms with E-state index in [2.05, 4.69) is 108 Å². The molecule has 3 heteroatoms. The van der Waals surface area contributed by atoms with Crippen molar-refractivity contribution in [1.82, 2.24) is 0 Å². The first kappa shape index (κ1) is 20.0. The van der Waals surface area contributed by atoms with Crippen molar-refractivity contribution in [2.75, 3.05) is 0 Å². The van der Waals surface area contributed by atoms with Crippen LogP contribution >= 0.6 is 0 Å². The Morgan fingerprint density at radius 3 is 1.84 bits per heavy atom. The highest BCUT2D eigenvalue weighted by Gasteiger charge is 2.52. The Hall–Kier alpha value is -2.62. The predicted molar refractivity (Wildman–Crippen MR) is 135 cm³/mol. The van der Waals surface area contributed by atoms with Crippen LogP contribution in [0, 0.1) is 0 Å². The third kappa shape index (κ3) is 2.50. The average molecular weight is 420 g/mol. The average Bonchev–Trinajstić information content (AvgIpc) is 3.12. The molecule has 0 bridgehead atoms. The van der Waals surface area contributed by atoms with E-state index in [0.717, 1.165) is 5.46 Å². The second kappa shape index (κ2) is 6.24. The zero-order valence-corrected chi connectivity index (χ0v) is 19.7. The van der Waals surface area contributed by atoms with Gasteiger partial charge in [-0.25, -0.2) is 0 Å². The van der Waals surface area contributed by atoms with Gasteiger partial charge in [-0.3, -0.25) is 0 Å². The van der Waals surface area contributed by atoms with E-state index in [0.29, 0.717) is 0 Å². The summed E-state index contributed by atoms with van der Waals surface area (Å²) < 4.78 is 13.0. The van der Waals surface area contributed by atoms with Crippen molar-refractivity contribution < 1.29 is 9.31 Å². The molecule has 0 amide bonds. The van der Waals surface area contributed by atoms with Gasteiger partial charge in [-0.05, 0) is 77.0 Å². The van der Waals surface area contributed by atoms with E-state index in [1.165, 1.54) is 43.8 Å². The van der Waals surface area contributed by atoms with Crippen LogP contribution in [0.4, 0.5) is 0 Å². The van der Waals surface area contributed by atoms with Crippen LogP contribution in [0.3, 0.4) is 0 Å². The lowest BCUT2D eigenvalue weighted by Gasteiger charge is -2.32. The summed E-state index contributed by atoms with van der Waals surface area (Å²) in [6, 6.07) is 24.4. The SMILES string of the molecule is CC1(C)c2ccc3ccccc3c2-c2c1cc(B1OC(C)(C)C(C)(C)O1)c1ccccc21. The molecule has 32 heavy (non-hydrogen) atoms. The summed E-state index contributed by atoms with van der Waals surface area (Å²) in [6.07, 6.45) is 0. The van der Waals surface area contributed by atoms with Crippen molar-refractivity contribution in [3.63, 3.8) is 0 Å². The smallest absolute Gasteiger partial charge is 0.399 e. The number of hydrogen-bond donors (Lipinski definition) is 0. The minimum absolute atomic E-state index is 0.100. The largest absolute Gasteiger partial charge is 0.495 e. The molecule has 0 aromatic heterocycles. The lowest BCUT2D eigenvalue weighted by molar-refractivity contribution is 0.00578. The monoisotopic (exact) mass is 420 g/mol. The van der Waals surface area contributed by atoms with Crippen molar-refractivity contribution in [2.45, 2.75) is 58.2 Å². The van der Waals surface area contributed by atoms with Crippen molar-refractivity contribution in [1.29, 1.82) is 0 Å². The van der Waals surface area contributed by atoms with Crippen molar-refractivity contribution >= 4 is 34.1 Å². The minimum Gasteiger partial charge on any atom is -0.399 e. The van der Waals surface area contributed by atoms with E-state index >= 15 is 0 Å². The highest BCUT2D eigenvalue weighted by molar-refractivity contribution is 6.65. The van der Waals surface area contributed by atoms with Crippen LogP contribution < -0.4 is 5.46 Å². The van der Waals surface area contributed by atoms with Crippen LogP contribution in [0.25, 0.3) is 32.7 Å². The van der Waals surface area contributed by atoms with Crippen LogP contribution in [-0.2, 0) is 14.7 Å². The fourth-order valence-corrected chi connectivity index (χ4v) is 5.54. The quantitative estimate of drug-likeness (QED) is 0.323. The van der Waals surface area contributed by atoms with Crippen LogP contribution in [0.1, 0.15) is 52.7 Å². The fraction of sp³-hybridized carbons (Fsp3) is 0.310. The van der Waals surface area contributed by atoms with Gasteiger partial charge in [0.25, 0.3) is 0 Å². The van der Waals surface area contributed by atoms with E-state index in [1.54, 1.807) is 0 Å². The second-order valence-corrected chi connectivity index (χ2v) is 10.9. The third-order valence-electron chi connectivity index (χ3n) is 8.11. The van der Waals surface area contributed by atoms with Crippen LogP contribution in [0.5, 0.6) is 0 Å². The van der Waals surface area contributed by atoms with E-state index < -0.39 is 0 Å². The summed E-state index contributed by atoms with van der Waals surface area (Å²) in [6.45, 7) is 13.2. The maximum absolute atomic E-state index is 6.51. The third-order valence-corrected chi connectivity index (χ3v) is 8.11. The van der Waals surface area contributed by atoms with E-state index in [9.17, 15) is 0 Å². The highest BCUT2D eigenvalue weighted by Crippen LogP contribution is 2.53. The molecule has 0 N–H and O–H groups in total. The Bertz CT molecular complexity index is 1400. The molecule has 1 saturated heterocycles. The summed E-state index contributed by atoms with van der Waals surface area (Å²) in [5, 5.41) is 5.10. The van der Waals surface area contributed by atoms with Crippen LogP contribution in [0.2, 0.25) is 0 Å². The molecule has 6 rings (SSSR count). The van der Waals surface area contributed by atoms with Gasteiger partial charge >= 0.3 is 7.12 Å². The molecule has 0 spiro atoms. The zero-order valence-electron chi connectivity index (χ0n) is 19.7. The van der Waals surface area contributed by atoms with Gasteiger partial charge in [-0.1, -0.05) is 80.6 Å². The number of fused-ring (bicyclic) bond motifs is 7. The highest BCUT2D eigenvalue weighted by atomic mass is 16.7. The van der Waals surface area contributed by atoms with E-state index in [4.69, 9.17) is 9.31 Å². The molecule has 1 aliphatic carbocycles. The van der Waals surface area contributed by atoms with Crippen molar-refractivity contribution in [2.24, 2.45) is 0 Å². The maximum Gasteiger partial charge on any atom is 0.495 e. The summed E-state index contributed by atoms with van der Waals surface area (Å²) >= 11 is 0. The van der Waals surface area contributed by atoms with Gasteiger partial charge < -0.3 is 9.31 Å². The normalized spacial score (nSPS) is 20.0. The van der Waals surface area contributed by atoms with Gasteiger partial charge in [0.05, 0.1) is 11.2 Å².